The molecule has 6 nitrogen and oxygen atoms in total. The number of amides is 2. The van der Waals surface area contributed by atoms with E-state index in [-0.39, 0.29) is 30.2 Å². The number of aromatic nitrogens is 1. The van der Waals surface area contributed by atoms with E-state index in [2.05, 4.69) is 18.3 Å². The summed E-state index contributed by atoms with van der Waals surface area (Å²) in [4.78, 5) is 33.1. The Labute approximate surface area is 197 Å². The van der Waals surface area contributed by atoms with Crippen LogP contribution in [0.3, 0.4) is 0 Å². The normalized spacial score (nSPS) is 17.1. The fourth-order valence-corrected chi connectivity index (χ4v) is 5.40. The predicted octanol–water partition coefficient (Wildman–Crippen LogP) is 5.00. The molecular weight excluding hydrogens is 434 g/mol. The maximum Gasteiger partial charge on any atom is 0.230 e. The molecule has 1 aliphatic heterocycles. The Morgan fingerprint density at radius 3 is 2.76 bits per heavy atom. The highest BCUT2D eigenvalue weighted by atomic mass is 32.1. The van der Waals surface area contributed by atoms with Crippen molar-refractivity contribution in [3.63, 3.8) is 0 Å². The molecule has 2 amide bonds. The molecule has 5 rings (SSSR count). The summed E-state index contributed by atoms with van der Waals surface area (Å²) in [7, 11) is 1.60. The van der Waals surface area contributed by atoms with Crippen LogP contribution in [0.1, 0.15) is 35.8 Å². The van der Waals surface area contributed by atoms with Crippen LogP contribution in [0.5, 0.6) is 5.75 Å². The predicted molar refractivity (Wildman–Crippen MR) is 131 cm³/mol. The molecule has 0 radical (unpaired) electrons. The molecule has 0 bridgehead atoms. The molecule has 2 heterocycles. The Morgan fingerprint density at radius 2 is 2.00 bits per heavy atom. The van der Waals surface area contributed by atoms with Crippen LogP contribution in [0.2, 0.25) is 0 Å². The molecule has 7 heteroatoms. The number of nitrogens with one attached hydrogen (secondary N) is 1. The first-order chi connectivity index (χ1) is 15.9. The van der Waals surface area contributed by atoms with Crippen molar-refractivity contribution in [2.24, 2.45) is 5.92 Å². The summed E-state index contributed by atoms with van der Waals surface area (Å²) in [5, 5.41) is 3.52. The standard InChI is InChI=1S/C26H27N3O3S/c1-15-12-20-13-19(10-11-21(20)29(15)25(31)17-8-9-17)24-16(2)33-26(28-24)27-23(30)14-18-6-4-5-7-22(18)32-3/h4-7,10-11,13,15,17H,8-9,12,14H2,1-3H3,(H,27,28,30)/t15-/m1/s1. The topological polar surface area (TPSA) is 71.5 Å². The smallest absolute Gasteiger partial charge is 0.230 e. The molecule has 1 N–H and O–H groups in total. The van der Waals surface area contributed by atoms with E-state index in [0.717, 1.165) is 46.6 Å². The van der Waals surface area contributed by atoms with E-state index in [1.165, 1.54) is 16.9 Å². The van der Waals surface area contributed by atoms with Gasteiger partial charge in [-0.3, -0.25) is 9.59 Å². The Bertz CT molecular complexity index is 1230. The summed E-state index contributed by atoms with van der Waals surface area (Å²) in [5.74, 6) is 1.04. The van der Waals surface area contributed by atoms with Crippen LogP contribution in [0, 0.1) is 12.8 Å². The molecule has 1 atom stereocenters. The van der Waals surface area contributed by atoms with Crippen molar-refractivity contribution in [3.8, 4) is 17.0 Å². The number of fused-ring (bicyclic) bond motifs is 1. The van der Waals surface area contributed by atoms with E-state index < -0.39 is 0 Å². The zero-order valence-electron chi connectivity index (χ0n) is 19.1. The average Bonchev–Trinajstić information content (AvgIpc) is 3.51. The molecule has 2 aromatic carbocycles. The van der Waals surface area contributed by atoms with Crippen LogP contribution in [-0.4, -0.2) is 29.9 Å². The van der Waals surface area contributed by atoms with Crippen LogP contribution >= 0.6 is 11.3 Å². The molecule has 1 aromatic heterocycles. The largest absolute Gasteiger partial charge is 0.496 e. The molecule has 1 fully saturated rings. The summed E-state index contributed by atoms with van der Waals surface area (Å²) < 4.78 is 5.34. The van der Waals surface area contributed by atoms with Gasteiger partial charge in [0.1, 0.15) is 5.75 Å². The summed E-state index contributed by atoms with van der Waals surface area (Å²) in [6, 6.07) is 13.9. The molecule has 2 aliphatic rings. The monoisotopic (exact) mass is 461 g/mol. The van der Waals surface area contributed by atoms with Gasteiger partial charge < -0.3 is 15.0 Å². The lowest BCUT2D eigenvalue weighted by Gasteiger charge is -2.22. The molecule has 170 valence electrons. The van der Waals surface area contributed by atoms with Crippen molar-refractivity contribution in [2.75, 3.05) is 17.3 Å². The van der Waals surface area contributed by atoms with E-state index in [9.17, 15) is 9.59 Å². The zero-order chi connectivity index (χ0) is 23.1. The molecule has 0 unspecified atom stereocenters. The van der Waals surface area contributed by atoms with E-state index in [4.69, 9.17) is 9.72 Å². The number of carbonyl (C=O) groups is 2. The summed E-state index contributed by atoms with van der Waals surface area (Å²) in [6.45, 7) is 4.13. The number of hydrogen-bond donors (Lipinski definition) is 1. The number of carbonyl (C=O) groups excluding carboxylic acids is 2. The Morgan fingerprint density at radius 1 is 1.21 bits per heavy atom. The van der Waals surface area contributed by atoms with Gasteiger partial charge in [0, 0.05) is 33.7 Å². The molecular formula is C26H27N3O3S. The lowest BCUT2D eigenvalue weighted by atomic mass is 10.0. The van der Waals surface area contributed by atoms with Gasteiger partial charge in [0.15, 0.2) is 5.13 Å². The van der Waals surface area contributed by atoms with Gasteiger partial charge in [-0.05, 0) is 56.9 Å². The highest BCUT2D eigenvalue weighted by molar-refractivity contribution is 7.16. The second-order valence-corrected chi connectivity index (χ2v) is 10.0. The molecule has 1 saturated carbocycles. The lowest BCUT2D eigenvalue weighted by Crippen LogP contribution is -2.36. The summed E-state index contributed by atoms with van der Waals surface area (Å²) >= 11 is 1.47. The molecule has 0 spiro atoms. The highest BCUT2D eigenvalue weighted by Crippen LogP contribution is 2.41. The average molecular weight is 462 g/mol. The fraction of sp³-hybridized carbons (Fsp3) is 0.346. The first kappa shape index (κ1) is 21.6. The van der Waals surface area contributed by atoms with Crippen molar-refractivity contribution in [2.45, 2.75) is 45.6 Å². The van der Waals surface area contributed by atoms with Crippen LogP contribution in [0.15, 0.2) is 42.5 Å². The van der Waals surface area contributed by atoms with Gasteiger partial charge in [0.2, 0.25) is 11.8 Å². The van der Waals surface area contributed by atoms with Crippen LogP contribution < -0.4 is 15.0 Å². The number of anilines is 2. The van der Waals surface area contributed by atoms with Crippen LogP contribution in [0.4, 0.5) is 10.8 Å². The number of rotatable bonds is 6. The highest BCUT2D eigenvalue weighted by Gasteiger charge is 2.39. The molecule has 1 aliphatic carbocycles. The van der Waals surface area contributed by atoms with Crippen molar-refractivity contribution in [1.29, 1.82) is 0 Å². The Balaban J connectivity index is 1.33. The second kappa shape index (κ2) is 8.63. The third-order valence-electron chi connectivity index (χ3n) is 6.32. The van der Waals surface area contributed by atoms with Gasteiger partial charge in [0.05, 0.1) is 19.2 Å². The number of nitrogens with zero attached hydrogens (tertiary/aromatic N) is 2. The minimum atomic E-state index is -0.128. The van der Waals surface area contributed by atoms with Crippen LogP contribution in [-0.2, 0) is 22.4 Å². The number of para-hydroxylation sites is 1. The maximum absolute atomic E-state index is 12.7. The van der Waals surface area contributed by atoms with Crippen molar-refractivity contribution >= 4 is 34.0 Å². The fourth-order valence-electron chi connectivity index (χ4n) is 4.54. The van der Waals surface area contributed by atoms with Crippen molar-refractivity contribution in [1.82, 2.24) is 4.98 Å². The summed E-state index contributed by atoms with van der Waals surface area (Å²) in [5.41, 5.74) is 4.93. The van der Waals surface area contributed by atoms with E-state index in [1.54, 1.807) is 7.11 Å². The van der Waals surface area contributed by atoms with Gasteiger partial charge in [-0.25, -0.2) is 4.98 Å². The first-order valence-electron chi connectivity index (χ1n) is 11.3. The van der Waals surface area contributed by atoms with Gasteiger partial charge in [-0.2, -0.15) is 0 Å². The van der Waals surface area contributed by atoms with E-state index >= 15 is 0 Å². The first-order valence-corrected chi connectivity index (χ1v) is 12.1. The third-order valence-corrected chi connectivity index (χ3v) is 7.21. The molecule has 33 heavy (non-hydrogen) atoms. The quantitative estimate of drug-likeness (QED) is 0.561. The van der Waals surface area contributed by atoms with Gasteiger partial charge in [-0.1, -0.05) is 24.3 Å². The van der Waals surface area contributed by atoms with E-state index in [0.29, 0.717) is 10.9 Å². The number of hydrogen-bond acceptors (Lipinski definition) is 5. The van der Waals surface area contributed by atoms with Gasteiger partial charge in [0.25, 0.3) is 0 Å². The van der Waals surface area contributed by atoms with E-state index in [1.807, 2.05) is 48.2 Å². The molecule has 3 aromatic rings. The van der Waals surface area contributed by atoms with Crippen LogP contribution in [0.25, 0.3) is 11.3 Å². The maximum atomic E-state index is 12.7. The second-order valence-electron chi connectivity index (χ2n) is 8.84. The summed E-state index contributed by atoms with van der Waals surface area (Å²) in [6.07, 6.45) is 3.10. The number of thiazole rings is 1. The Hall–Kier alpha value is -3.19. The third kappa shape index (κ3) is 4.25. The number of ether oxygens (including phenoxy) is 1. The van der Waals surface area contributed by atoms with Crippen molar-refractivity contribution < 1.29 is 14.3 Å². The number of benzene rings is 2. The minimum absolute atomic E-state index is 0.128. The van der Waals surface area contributed by atoms with Gasteiger partial charge >= 0.3 is 0 Å². The SMILES string of the molecule is COc1ccccc1CC(=O)Nc1nc(-c2ccc3c(c2)C[C@@H](C)N3C(=O)C2CC2)c(C)s1. The zero-order valence-corrected chi connectivity index (χ0v) is 19.9. The minimum Gasteiger partial charge on any atom is -0.496 e. The molecule has 0 saturated heterocycles. The van der Waals surface area contributed by atoms with Gasteiger partial charge in [-0.15, -0.1) is 11.3 Å². The lowest BCUT2D eigenvalue weighted by molar-refractivity contribution is -0.120. The number of methoxy groups -OCH3 is 1. The Kier molecular flexibility index (Phi) is 5.66. The number of aryl methyl sites for hydroxylation is 1. The van der Waals surface area contributed by atoms with Crippen molar-refractivity contribution in [3.05, 3.63) is 58.5 Å².